The van der Waals surface area contributed by atoms with Gasteiger partial charge in [0.15, 0.2) is 0 Å². The van der Waals surface area contributed by atoms with Gasteiger partial charge in [0.05, 0.1) is 17.7 Å². The van der Waals surface area contributed by atoms with Crippen LogP contribution in [0.15, 0.2) is 58.1 Å². The Labute approximate surface area is 162 Å². The summed E-state index contributed by atoms with van der Waals surface area (Å²) >= 11 is 3.30. The molecule has 26 heavy (non-hydrogen) atoms. The van der Waals surface area contributed by atoms with E-state index in [0.29, 0.717) is 11.4 Å². The smallest absolute Gasteiger partial charge is 0.260 e. The van der Waals surface area contributed by atoms with E-state index in [0.717, 1.165) is 26.2 Å². The van der Waals surface area contributed by atoms with E-state index in [1.807, 2.05) is 31.2 Å². The van der Waals surface area contributed by atoms with Crippen LogP contribution in [-0.4, -0.2) is 32.8 Å². The van der Waals surface area contributed by atoms with Crippen molar-refractivity contribution in [1.82, 2.24) is 5.43 Å². The van der Waals surface area contributed by atoms with E-state index in [9.17, 15) is 13.2 Å². The molecule has 0 fully saturated rings. The van der Waals surface area contributed by atoms with Gasteiger partial charge in [0.1, 0.15) is 6.54 Å². The van der Waals surface area contributed by atoms with Crippen LogP contribution >= 0.6 is 15.9 Å². The number of hydrogen-bond donors (Lipinski definition) is 1. The minimum absolute atomic E-state index is 0.361. The molecule has 0 aromatic heterocycles. The molecular formula is C18H20BrN3O3S. The molecule has 1 amide bonds. The van der Waals surface area contributed by atoms with Crippen molar-refractivity contribution < 1.29 is 13.2 Å². The van der Waals surface area contributed by atoms with Gasteiger partial charge in [0.2, 0.25) is 10.0 Å². The molecule has 0 spiro atoms. The van der Waals surface area contributed by atoms with Gasteiger partial charge in [-0.2, -0.15) is 5.10 Å². The number of nitrogens with one attached hydrogen (secondary N) is 1. The van der Waals surface area contributed by atoms with Crippen molar-refractivity contribution >= 4 is 43.3 Å². The predicted octanol–water partition coefficient (Wildman–Crippen LogP) is 3.06. The average Bonchev–Trinajstić information content (AvgIpc) is 2.57. The van der Waals surface area contributed by atoms with E-state index < -0.39 is 15.9 Å². The lowest BCUT2D eigenvalue weighted by Crippen LogP contribution is -2.39. The summed E-state index contributed by atoms with van der Waals surface area (Å²) in [4.78, 5) is 12.2. The number of amides is 1. The highest BCUT2D eigenvalue weighted by Gasteiger charge is 2.20. The van der Waals surface area contributed by atoms with E-state index in [2.05, 4.69) is 26.5 Å². The van der Waals surface area contributed by atoms with E-state index in [1.54, 1.807) is 31.2 Å². The lowest BCUT2D eigenvalue weighted by atomic mass is 10.1. The fourth-order valence-electron chi connectivity index (χ4n) is 2.20. The molecule has 2 aromatic carbocycles. The largest absolute Gasteiger partial charge is 0.271 e. The van der Waals surface area contributed by atoms with Crippen molar-refractivity contribution in [3.05, 3.63) is 64.1 Å². The van der Waals surface area contributed by atoms with Crippen molar-refractivity contribution in [3.8, 4) is 0 Å². The first-order chi connectivity index (χ1) is 12.2. The van der Waals surface area contributed by atoms with E-state index >= 15 is 0 Å². The van der Waals surface area contributed by atoms with Crippen LogP contribution in [0.5, 0.6) is 0 Å². The summed E-state index contributed by atoms with van der Waals surface area (Å²) in [5, 5.41) is 4.06. The monoisotopic (exact) mass is 437 g/mol. The summed E-state index contributed by atoms with van der Waals surface area (Å²) in [6.45, 7) is 3.40. The predicted molar refractivity (Wildman–Crippen MR) is 108 cm³/mol. The Morgan fingerprint density at radius 3 is 2.42 bits per heavy atom. The van der Waals surface area contributed by atoms with Crippen LogP contribution in [0.2, 0.25) is 0 Å². The molecule has 2 rings (SSSR count). The topological polar surface area (TPSA) is 78.8 Å². The number of hydrogen-bond acceptors (Lipinski definition) is 4. The van der Waals surface area contributed by atoms with Crippen LogP contribution in [-0.2, 0) is 14.8 Å². The SMILES string of the molecule is C/C(=N/NC(=O)CN(c1cccc(Br)c1)S(C)(=O)=O)c1ccc(C)cc1. The molecule has 0 saturated carbocycles. The third-order valence-electron chi connectivity index (χ3n) is 3.60. The van der Waals surface area contributed by atoms with Crippen LogP contribution in [0.4, 0.5) is 5.69 Å². The molecule has 0 saturated heterocycles. The minimum Gasteiger partial charge on any atom is -0.271 e. The Bertz CT molecular complexity index is 925. The summed E-state index contributed by atoms with van der Waals surface area (Å²) in [5.41, 5.74) is 5.45. The van der Waals surface area contributed by atoms with Gasteiger partial charge >= 0.3 is 0 Å². The lowest BCUT2D eigenvalue weighted by molar-refractivity contribution is -0.119. The average molecular weight is 438 g/mol. The molecule has 0 radical (unpaired) electrons. The first-order valence-corrected chi connectivity index (χ1v) is 10.4. The first-order valence-electron chi connectivity index (χ1n) is 7.80. The second-order valence-corrected chi connectivity index (χ2v) is 8.67. The van der Waals surface area contributed by atoms with Crippen LogP contribution < -0.4 is 9.73 Å². The fraction of sp³-hybridized carbons (Fsp3) is 0.222. The van der Waals surface area contributed by atoms with Crippen molar-refractivity contribution in [3.63, 3.8) is 0 Å². The van der Waals surface area contributed by atoms with Crippen molar-refractivity contribution in [2.45, 2.75) is 13.8 Å². The maximum atomic E-state index is 12.2. The number of anilines is 1. The lowest BCUT2D eigenvalue weighted by Gasteiger charge is -2.21. The number of benzene rings is 2. The number of halogens is 1. The number of aryl methyl sites for hydroxylation is 1. The van der Waals surface area contributed by atoms with Gasteiger partial charge < -0.3 is 0 Å². The number of rotatable bonds is 6. The molecule has 6 nitrogen and oxygen atoms in total. The highest BCUT2D eigenvalue weighted by atomic mass is 79.9. The van der Waals surface area contributed by atoms with Crippen LogP contribution in [0.25, 0.3) is 0 Å². The number of carbonyl (C=O) groups excluding carboxylic acids is 1. The highest BCUT2D eigenvalue weighted by Crippen LogP contribution is 2.21. The number of nitrogens with zero attached hydrogens (tertiary/aromatic N) is 2. The Kier molecular flexibility index (Phi) is 6.55. The first kappa shape index (κ1) is 20.1. The number of carbonyl (C=O) groups is 1. The Morgan fingerprint density at radius 2 is 1.85 bits per heavy atom. The zero-order chi connectivity index (χ0) is 19.3. The Morgan fingerprint density at radius 1 is 1.19 bits per heavy atom. The van der Waals surface area contributed by atoms with Crippen molar-refractivity contribution in [2.24, 2.45) is 5.10 Å². The molecule has 2 aromatic rings. The standard InChI is InChI=1S/C18H20BrN3O3S/c1-13-7-9-15(10-8-13)14(2)20-21-18(23)12-22(26(3,24)25)17-6-4-5-16(19)11-17/h4-11H,12H2,1-3H3,(H,21,23)/b20-14-. The van der Waals surface area contributed by atoms with Crippen LogP contribution in [0.3, 0.4) is 0 Å². The quantitative estimate of drug-likeness (QED) is 0.556. The maximum absolute atomic E-state index is 12.2. The summed E-state index contributed by atoms with van der Waals surface area (Å²) in [6, 6.07) is 14.5. The zero-order valence-corrected chi connectivity index (χ0v) is 17.1. The van der Waals surface area contributed by atoms with Crippen molar-refractivity contribution in [2.75, 3.05) is 17.1 Å². The minimum atomic E-state index is -3.62. The third-order valence-corrected chi connectivity index (χ3v) is 5.24. The van der Waals surface area contributed by atoms with Gasteiger partial charge in [-0.15, -0.1) is 0 Å². The molecule has 1 N–H and O–H groups in total. The summed E-state index contributed by atoms with van der Waals surface area (Å²) < 4.78 is 25.9. The van der Waals surface area contributed by atoms with Crippen molar-refractivity contribution in [1.29, 1.82) is 0 Å². The molecule has 0 bridgehead atoms. The van der Waals surface area contributed by atoms with Gasteiger partial charge in [-0.3, -0.25) is 9.10 Å². The molecule has 138 valence electrons. The van der Waals surface area contributed by atoms with E-state index in [4.69, 9.17) is 0 Å². The molecule has 8 heteroatoms. The summed E-state index contributed by atoms with van der Waals surface area (Å²) in [5.74, 6) is -0.526. The van der Waals surface area contributed by atoms with E-state index in [-0.39, 0.29) is 6.54 Å². The molecule has 0 aliphatic heterocycles. The molecule has 0 aliphatic carbocycles. The summed E-state index contributed by atoms with van der Waals surface area (Å²) in [7, 11) is -3.62. The summed E-state index contributed by atoms with van der Waals surface area (Å²) in [6.07, 6.45) is 1.06. The van der Waals surface area contributed by atoms with Gasteiger partial charge in [0.25, 0.3) is 5.91 Å². The van der Waals surface area contributed by atoms with Gasteiger partial charge in [0, 0.05) is 4.47 Å². The van der Waals surface area contributed by atoms with Gasteiger partial charge in [-0.25, -0.2) is 13.8 Å². The van der Waals surface area contributed by atoms with Crippen LogP contribution in [0.1, 0.15) is 18.1 Å². The number of hydrazone groups is 1. The number of sulfonamides is 1. The molecule has 0 atom stereocenters. The second kappa shape index (κ2) is 8.46. The van der Waals surface area contributed by atoms with Gasteiger partial charge in [-0.05, 0) is 37.6 Å². The van der Waals surface area contributed by atoms with Gasteiger partial charge in [-0.1, -0.05) is 51.8 Å². The normalized spacial score (nSPS) is 11.9. The van der Waals surface area contributed by atoms with Crippen LogP contribution in [0, 0.1) is 6.92 Å². The highest BCUT2D eigenvalue weighted by molar-refractivity contribution is 9.10. The molecule has 0 heterocycles. The Balaban J connectivity index is 2.12. The molecular weight excluding hydrogens is 418 g/mol. The molecule has 0 unspecified atom stereocenters. The fourth-order valence-corrected chi connectivity index (χ4v) is 3.44. The van der Waals surface area contributed by atoms with E-state index in [1.165, 1.54) is 0 Å². The Hall–Kier alpha value is -2.19. The third kappa shape index (κ3) is 5.67. The second-order valence-electron chi connectivity index (χ2n) is 5.85. The molecule has 0 aliphatic rings. The maximum Gasteiger partial charge on any atom is 0.260 e. The zero-order valence-electron chi connectivity index (χ0n) is 14.7.